The molecular weight excluding hydrogens is 587 g/mol. The number of tetrazole rings is 1. The number of urea groups is 1. The minimum Gasteiger partial charge on any atom is -0.335 e. The number of aryl methyl sites for hydroxylation is 1. The van der Waals surface area contributed by atoms with Crippen molar-refractivity contribution in [1.29, 1.82) is 0 Å². The number of carbonyl (C=O) groups is 1. The predicted octanol–water partition coefficient (Wildman–Crippen LogP) is 4.96. The second-order valence-electron chi connectivity index (χ2n) is 11.4. The van der Waals surface area contributed by atoms with Crippen molar-refractivity contribution >= 4 is 27.6 Å². The lowest BCUT2D eigenvalue weighted by Crippen LogP contribution is -2.52. The maximum absolute atomic E-state index is 13.3. The topological polar surface area (TPSA) is 91.2 Å². The first kappa shape index (κ1) is 29.6. The molecule has 9 nitrogen and oxygen atoms in total. The number of nitrogens with one attached hydrogen (secondary N) is 2. The lowest BCUT2D eigenvalue weighted by atomic mass is 9.87. The van der Waals surface area contributed by atoms with Gasteiger partial charge in [0.05, 0.1) is 0 Å². The van der Waals surface area contributed by atoms with Gasteiger partial charge in [0.15, 0.2) is 5.82 Å². The number of likely N-dealkylation sites (tertiary alicyclic amines) is 2. The summed E-state index contributed by atoms with van der Waals surface area (Å²) in [6.07, 6.45) is 5.40. The molecular formula is C30H40BrFN8O. The molecule has 0 saturated carbocycles. The predicted molar refractivity (Wildman–Crippen MR) is 162 cm³/mol. The molecule has 0 spiro atoms. The largest absolute Gasteiger partial charge is 0.335 e. The average Bonchev–Trinajstić information content (AvgIpc) is 3.39. The monoisotopic (exact) mass is 626 g/mol. The van der Waals surface area contributed by atoms with Gasteiger partial charge in [0.1, 0.15) is 5.82 Å². The number of hydrogen-bond donors (Lipinski definition) is 2. The highest BCUT2D eigenvalue weighted by Gasteiger charge is 2.31. The normalized spacial score (nSPS) is 22.0. The summed E-state index contributed by atoms with van der Waals surface area (Å²) in [4.78, 5) is 18.2. The first-order valence-corrected chi connectivity index (χ1v) is 15.5. The molecule has 5 rings (SSSR count). The number of amides is 2. The Kier molecular flexibility index (Phi) is 10.00. The van der Waals surface area contributed by atoms with Crippen molar-refractivity contribution in [2.75, 3.05) is 44.6 Å². The molecule has 2 aliphatic rings. The zero-order valence-corrected chi connectivity index (χ0v) is 25.5. The summed E-state index contributed by atoms with van der Waals surface area (Å²) in [5.41, 5.74) is 2.71. The molecule has 2 aliphatic heterocycles. The minimum atomic E-state index is -0.192. The van der Waals surface area contributed by atoms with Crippen molar-refractivity contribution in [2.45, 2.75) is 45.1 Å². The van der Waals surface area contributed by atoms with Crippen LogP contribution in [-0.2, 0) is 13.5 Å². The van der Waals surface area contributed by atoms with E-state index < -0.39 is 0 Å². The number of hydrogen-bond acceptors (Lipinski definition) is 6. The number of piperidine rings is 2. The second-order valence-corrected chi connectivity index (χ2v) is 12.3. The van der Waals surface area contributed by atoms with Gasteiger partial charge in [-0.25, -0.2) is 13.9 Å². The number of nitrogens with zero attached hydrogens (tertiary/aromatic N) is 6. The van der Waals surface area contributed by atoms with Gasteiger partial charge in [-0.15, -0.1) is 5.10 Å². The molecule has 0 aliphatic carbocycles. The lowest BCUT2D eigenvalue weighted by molar-refractivity contribution is 0.114. The molecule has 3 aromatic rings. The fourth-order valence-electron chi connectivity index (χ4n) is 6.30. The third kappa shape index (κ3) is 8.11. The summed E-state index contributed by atoms with van der Waals surface area (Å²) in [5, 5.41) is 18.0. The van der Waals surface area contributed by atoms with Crippen LogP contribution in [0.4, 0.5) is 14.9 Å². The molecule has 41 heavy (non-hydrogen) atoms. The molecule has 2 N–H and O–H groups in total. The van der Waals surface area contributed by atoms with Crippen molar-refractivity contribution in [1.82, 2.24) is 35.3 Å². The molecule has 2 saturated heterocycles. The van der Waals surface area contributed by atoms with E-state index in [2.05, 4.69) is 58.8 Å². The molecule has 2 amide bonds. The van der Waals surface area contributed by atoms with E-state index in [0.29, 0.717) is 23.3 Å². The van der Waals surface area contributed by atoms with E-state index in [1.165, 1.54) is 18.4 Å². The maximum Gasteiger partial charge on any atom is 0.319 e. The second kappa shape index (κ2) is 13.8. The number of benzene rings is 2. The van der Waals surface area contributed by atoms with Crippen LogP contribution < -0.4 is 10.6 Å². The van der Waals surface area contributed by atoms with Crippen molar-refractivity contribution in [3.63, 3.8) is 0 Å². The van der Waals surface area contributed by atoms with Crippen LogP contribution in [0.25, 0.3) is 11.4 Å². The molecule has 0 bridgehead atoms. The van der Waals surface area contributed by atoms with Crippen molar-refractivity contribution < 1.29 is 9.18 Å². The molecule has 0 unspecified atom stereocenters. The summed E-state index contributed by atoms with van der Waals surface area (Å²) < 4.78 is 15.8. The van der Waals surface area contributed by atoms with E-state index in [-0.39, 0.29) is 17.9 Å². The van der Waals surface area contributed by atoms with Crippen molar-refractivity contribution in [3.05, 3.63) is 58.3 Å². The fourth-order valence-corrected chi connectivity index (χ4v) is 6.79. The molecule has 2 aromatic carbocycles. The van der Waals surface area contributed by atoms with Crippen molar-refractivity contribution in [2.24, 2.45) is 18.9 Å². The summed E-state index contributed by atoms with van der Waals surface area (Å²) in [6, 6.07) is 12.6. The summed E-state index contributed by atoms with van der Waals surface area (Å²) in [6.45, 7) is 8.44. The average molecular weight is 628 g/mol. The molecule has 220 valence electrons. The number of halogens is 2. The van der Waals surface area contributed by atoms with Crippen LogP contribution in [0.5, 0.6) is 0 Å². The molecule has 1 aromatic heterocycles. The number of aromatic nitrogens is 4. The third-order valence-electron chi connectivity index (χ3n) is 8.47. The zero-order valence-electron chi connectivity index (χ0n) is 23.9. The summed E-state index contributed by atoms with van der Waals surface area (Å²) in [5.74, 6) is 1.43. The van der Waals surface area contributed by atoms with Gasteiger partial charge in [-0.3, -0.25) is 0 Å². The van der Waals surface area contributed by atoms with Gasteiger partial charge in [0.2, 0.25) is 0 Å². The summed E-state index contributed by atoms with van der Waals surface area (Å²) in [7, 11) is 1.79. The first-order chi connectivity index (χ1) is 19.9. The van der Waals surface area contributed by atoms with Gasteiger partial charge in [-0.05, 0) is 110 Å². The highest BCUT2D eigenvalue weighted by molar-refractivity contribution is 9.10. The highest BCUT2D eigenvalue weighted by Crippen LogP contribution is 2.27. The maximum atomic E-state index is 13.3. The van der Waals surface area contributed by atoms with Crippen LogP contribution >= 0.6 is 15.9 Å². The quantitative estimate of drug-likeness (QED) is 0.349. The van der Waals surface area contributed by atoms with Crippen molar-refractivity contribution in [3.8, 4) is 11.4 Å². The Labute approximate surface area is 250 Å². The van der Waals surface area contributed by atoms with Gasteiger partial charge in [-0.2, -0.15) is 0 Å². The number of rotatable bonds is 9. The van der Waals surface area contributed by atoms with Crippen LogP contribution in [0.15, 0.2) is 46.9 Å². The Morgan fingerprint density at radius 1 is 1.10 bits per heavy atom. The Morgan fingerprint density at radius 3 is 2.68 bits per heavy atom. The van der Waals surface area contributed by atoms with Crippen LogP contribution in [-0.4, -0.2) is 81.3 Å². The molecule has 3 heterocycles. The van der Waals surface area contributed by atoms with Crippen LogP contribution in [0.1, 0.15) is 38.2 Å². The number of anilines is 1. The Hall–Kier alpha value is -2.89. The van der Waals surface area contributed by atoms with E-state index in [0.717, 1.165) is 68.6 Å². The van der Waals surface area contributed by atoms with Crippen LogP contribution in [0.2, 0.25) is 0 Å². The standard InChI is InChI=1S/C30H40BrFN8O/c1-3-39-14-11-28(34-30(41)33-27-17-24(16-25(31)18-27)29-35-36-37-38(29)2)23(20-39)10-13-40-12-4-5-22(19-40)15-21-6-8-26(32)9-7-21/h6-9,16-18,22-23,28H,3-5,10-15,19-20H2,1-2H3,(H2,33,34,41)/t22-,23-,28+/m0/s1. The van der Waals surface area contributed by atoms with Gasteiger partial charge >= 0.3 is 6.03 Å². The fraction of sp³-hybridized carbons (Fsp3) is 0.533. The van der Waals surface area contributed by atoms with Crippen LogP contribution in [0, 0.1) is 17.7 Å². The Balaban J connectivity index is 1.17. The third-order valence-corrected chi connectivity index (χ3v) is 8.93. The van der Waals surface area contributed by atoms with E-state index in [1.54, 1.807) is 23.9 Å². The van der Waals surface area contributed by atoms with Gasteiger partial charge < -0.3 is 20.4 Å². The van der Waals surface area contributed by atoms with Crippen LogP contribution in [0.3, 0.4) is 0 Å². The zero-order chi connectivity index (χ0) is 28.8. The first-order valence-electron chi connectivity index (χ1n) is 14.7. The molecule has 11 heteroatoms. The smallest absolute Gasteiger partial charge is 0.319 e. The molecule has 0 radical (unpaired) electrons. The van der Waals surface area contributed by atoms with Gasteiger partial charge in [-0.1, -0.05) is 35.0 Å². The van der Waals surface area contributed by atoms with E-state index in [1.807, 2.05) is 30.3 Å². The van der Waals surface area contributed by atoms with Gasteiger partial charge in [0, 0.05) is 48.4 Å². The number of carbonyl (C=O) groups excluding carboxylic acids is 1. The van der Waals surface area contributed by atoms with Gasteiger partial charge in [0.25, 0.3) is 0 Å². The molecule has 2 fully saturated rings. The van der Waals surface area contributed by atoms with E-state index >= 15 is 0 Å². The van der Waals surface area contributed by atoms with E-state index in [4.69, 9.17) is 0 Å². The minimum absolute atomic E-state index is 0.118. The Bertz CT molecular complexity index is 1300. The van der Waals surface area contributed by atoms with E-state index in [9.17, 15) is 9.18 Å². The molecule has 3 atom stereocenters. The summed E-state index contributed by atoms with van der Waals surface area (Å²) >= 11 is 3.54. The highest BCUT2D eigenvalue weighted by atomic mass is 79.9. The Morgan fingerprint density at radius 2 is 1.93 bits per heavy atom. The SMILES string of the molecule is CCN1CC[C@@H](NC(=O)Nc2cc(Br)cc(-c3nnnn3C)c2)[C@@H](CCN2CCC[C@@H](Cc3ccc(F)cc3)C2)C1. The lowest BCUT2D eigenvalue weighted by Gasteiger charge is -2.40.